The molecule has 1 aliphatic heterocycles. The molecular formula is C16H21NO. The number of rotatable bonds is 3. The van der Waals surface area contributed by atoms with Gasteiger partial charge in [0.25, 0.3) is 0 Å². The third kappa shape index (κ3) is 2.49. The molecule has 96 valence electrons. The third-order valence-corrected chi connectivity index (χ3v) is 4.29. The van der Waals surface area contributed by atoms with Gasteiger partial charge in [-0.05, 0) is 68.3 Å². The number of piperidine rings is 1. The Bertz CT molecular complexity index is 446. The Hall–Kier alpha value is -1.15. The zero-order valence-electron chi connectivity index (χ0n) is 10.9. The summed E-state index contributed by atoms with van der Waals surface area (Å²) in [6.07, 6.45) is 6.72. The van der Waals surface area contributed by atoms with E-state index in [0.717, 1.165) is 25.1 Å². The number of benzene rings is 1. The van der Waals surface area contributed by atoms with Gasteiger partial charge in [0.2, 0.25) is 0 Å². The van der Waals surface area contributed by atoms with Gasteiger partial charge < -0.3 is 5.32 Å². The number of carbonyl (C=O) groups excluding carboxylic acids is 1. The molecule has 2 nitrogen and oxygen atoms in total. The van der Waals surface area contributed by atoms with Gasteiger partial charge in [-0.25, -0.2) is 0 Å². The van der Waals surface area contributed by atoms with Crippen LogP contribution in [0.4, 0.5) is 0 Å². The zero-order valence-corrected chi connectivity index (χ0v) is 10.9. The fraction of sp³-hybridized carbons (Fsp3) is 0.562. The molecule has 1 N–H and O–H groups in total. The first-order valence-corrected chi connectivity index (χ1v) is 7.18. The van der Waals surface area contributed by atoms with E-state index in [1.54, 1.807) is 0 Å². The van der Waals surface area contributed by atoms with Crippen molar-refractivity contribution in [2.24, 2.45) is 5.92 Å². The van der Waals surface area contributed by atoms with E-state index in [9.17, 15) is 4.79 Å². The number of carbonyl (C=O) groups is 1. The number of hydrogen-bond acceptors (Lipinski definition) is 2. The van der Waals surface area contributed by atoms with Crippen LogP contribution in [0.2, 0.25) is 0 Å². The topological polar surface area (TPSA) is 29.1 Å². The second-order valence-electron chi connectivity index (χ2n) is 5.68. The second-order valence-corrected chi connectivity index (χ2v) is 5.68. The average molecular weight is 243 g/mol. The Kier molecular flexibility index (Phi) is 3.46. The standard InChI is InChI=1S/C16H21NO/c18-16(9-12-3-2-8-17-11-12)15-7-6-13-4-1-5-14(13)10-15/h6-7,10,12,17H,1-5,8-9,11H2. The van der Waals surface area contributed by atoms with Crippen LogP contribution in [0.15, 0.2) is 18.2 Å². The smallest absolute Gasteiger partial charge is 0.163 e. The summed E-state index contributed by atoms with van der Waals surface area (Å²) in [7, 11) is 0. The number of nitrogens with one attached hydrogen (secondary N) is 1. The SMILES string of the molecule is O=C(CC1CCCNC1)c1ccc2c(c1)CCC2. The Morgan fingerprint density at radius 2 is 2.11 bits per heavy atom. The van der Waals surface area contributed by atoms with Gasteiger partial charge >= 0.3 is 0 Å². The fourth-order valence-electron chi connectivity index (χ4n) is 3.22. The minimum atomic E-state index is 0.332. The molecule has 2 heteroatoms. The van der Waals surface area contributed by atoms with E-state index in [2.05, 4.69) is 17.4 Å². The van der Waals surface area contributed by atoms with Crippen molar-refractivity contribution in [3.05, 3.63) is 34.9 Å². The molecule has 1 atom stereocenters. The Labute approximate surface area is 109 Å². The van der Waals surface area contributed by atoms with Crippen LogP contribution in [0.3, 0.4) is 0 Å². The summed E-state index contributed by atoms with van der Waals surface area (Å²) in [5.74, 6) is 0.873. The van der Waals surface area contributed by atoms with E-state index < -0.39 is 0 Å². The molecule has 18 heavy (non-hydrogen) atoms. The van der Waals surface area contributed by atoms with E-state index in [0.29, 0.717) is 18.1 Å². The first-order chi connectivity index (χ1) is 8.83. The molecule has 1 saturated heterocycles. The fourth-order valence-corrected chi connectivity index (χ4v) is 3.22. The predicted molar refractivity (Wildman–Crippen MR) is 73.0 cm³/mol. The molecule has 2 aliphatic rings. The van der Waals surface area contributed by atoms with Crippen molar-refractivity contribution < 1.29 is 4.79 Å². The summed E-state index contributed by atoms with van der Waals surface area (Å²) in [4.78, 5) is 12.3. The van der Waals surface area contributed by atoms with E-state index in [4.69, 9.17) is 0 Å². The lowest BCUT2D eigenvalue weighted by Crippen LogP contribution is -2.31. The Morgan fingerprint density at radius 1 is 1.22 bits per heavy atom. The van der Waals surface area contributed by atoms with E-state index in [1.807, 2.05) is 6.07 Å². The van der Waals surface area contributed by atoms with Crippen molar-refractivity contribution in [3.8, 4) is 0 Å². The van der Waals surface area contributed by atoms with Crippen LogP contribution < -0.4 is 5.32 Å². The summed E-state index contributed by atoms with van der Waals surface area (Å²) >= 11 is 0. The summed E-state index contributed by atoms with van der Waals surface area (Å²) in [5, 5.41) is 3.38. The number of hydrogen-bond donors (Lipinski definition) is 1. The van der Waals surface area contributed by atoms with Crippen molar-refractivity contribution in [2.45, 2.75) is 38.5 Å². The van der Waals surface area contributed by atoms with Gasteiger partial charge in [0.15, 0.2) is 5.78 Å². The van der Waals surface area contributed by atoms with Gasteiger partial charge in [-0.3, -0.25) is 4.79 Å². The highest BCUT2D eigenvalue weighted by molar-refractivity contribution is 5.96. The van der Waals surface area contributed by atoms with Crippen molar-refractivity contribution >= 4 is 5.78 Å². The largest absolute Gasteiger partial charge is 0.316 e. The number of fused-ring (bicyclic) bond motifs is 1. The first-order valence-electron chi connectivity index (χ1n) is 7.18. The molecular weight excluding hydrogens is 222 g/mol. The maximum absolute atomic E-state index is 12.3. The Morgan fingerprint density at radius 3 is 2.94 bits per heavy atom. The van der Waals surface area contributed by atoms with Gasteiger partial charge in [0.1, 0.15) is 0 Å². The highest BCUT2D eigenvalue weighted by Crippen LogP contribution is 2.24. The molecule has 1 fully saturated rings. The van der Waals surface area contributed by atoms with Crippen LogP contribution in [-0.4, -0.2) is 18.9 Å². The third-order valence-electron chi connectivity index (χ3n) is 4.29. The summed E-state index contributed by atoms with van der Waals surface area (Å²) < 4.78 is 0. The lowest BCUT2D eigenvalue weighted by atomic mass is 9.91. The van der Waals surface area contributed by atoms with Crippen molar-refractivity contribution in [2.75, 3.05) is 13.1 Å². The number of ketones is 1. The molecule has 1 unspecified atom stereocenters. The zero-order chi connectivity index (χ0) is 12.4. The molecule has 1 aromatic rings. The van der Waals surface area contributed by atoms with E-state index in [-0.39, 0.29) is 0 Å². The molecule has 0 aromatic heterocycles. The quantitative estimate of drug-likeness (QED) is 0.827. The van der Waals surface area contributed by atoms with Gasteiger partial charge in [0, 0.05) is 12.0 Å². The Balaban J connectivity index is 1.68. The van der Waals surface area contributed by atoms with E-state index in [1.165, 1.54) is 36.8 Å². The number of Topliss-reactive ketones (excluding diaryl/α,β-unsaturated/α-hetero) is 1. The summed E-state index contributed by atoms with van der Waals surface area (Å²) in [6, 6.07) is 6.33. The highest BCUT2D eigenvalue weighted by atomic mass is 16.1. The van der Waals surface area contributed by atoms with Gasteiger partial charge in [-0.2, -0.15) is 0 Å². The van der Waals surface area contributed by atoms with Crippen molar-refractivity contribution in [1.82, 2.24) is 5.32 Å². The van der Waals surface area contributed by atoms with E-state index >= 15 is 0 Å². The van der Waals surface area contributed by atoms with Crippen molar-refractivity contribution in [3.63, 3.8) is 0 Å². The van der Waals surface area contributed by atoms with Crippen molar-refractivity contribution in [1.29, 1.82) is 0 Å². The summed E-state index contributed by atoms with van der Waals surface area (Å²) in [6.45, 7) is 2.13. The molecule has 0 saturated carbocycles. The molecule has 1 heterocycles. The second kappa shape index (κ2) is 5.23. The normalized spacial score (nSPS) is 22.8. The van der Waals surface area contributed by atoms with Crippen LogP contribution in [0, 0.1) is 5.92 Å². The van der Waals surface area contributed by atoms with Crippen LogP contribution in [0.1, 0.15) is 47.2 Å². The molecule has 3 rings (SSSR count). The average Bonchev–Trinajstić information content (AvgIpc) is 2.87. The van der Waals surface area contributed by atoms with Crippen LogP contribution in [0.25, 0.3) is 0 Å². The van der Waals surface area contributed by atoms with Gasteiger partial charge in [0.05, 0.1) is 0 Å². The summed E-state index contributed by atoms with van der Waals surface area (Å²) in [5.41, 5.74) is 3.79. The monoisotopic (exact) mass is 243 g/mol. The maximum Gasteiger partial charge on any atom is 0.163 e. The predicted octanol–water partition coefficient (Wildman–Crippen LogP) is 2.75. The minimum absolute atomic E-state index is 0.332. The van der Waals surface area contributed by atoms with Gasteiger partial charge in [-0.1, -0.05) is 12.1 Å². The lowest BCUT2D eigenvalue weighted by molar-refractivity contribution is 0.0953. The number of aryl methyl sites for hydroxylation is 2. The highest BCUT2D eigenvalue weighted by Gasteiger charge is 2.19. The minimum Gasteiger partial charge on any atom is -0.316 e. The van der Waals surface area contributed by atoms with Crippen LogP contribution in [0.5, 0.6) is 0 Å². The van der Waals surface area contributed by atoms with Gasteiger partial charge in [-0.15, -0.1) is 0 Å². The first kappa shape index (κ1) is 11.9. The van der Waals surface area contributed by atoms with Crippen LogP contribution >= 0.6 is 0 Å². The maximum atomic E-state index is 12.3. The molecule has 0 radical (unpaired) electrons. The molecule has 0 spiro atoms. The van der Waals surface area contributed by atoms with Crippen LogP contribution in [-0.2, 0) is 12.8 Å². The molecule has 1 aromatic carbocycles. The molecule has 0 bridgehead atoms. The lowest BCUT2D eigenvalue weighted by Gasteiger charge is -2.22. The molecule has 1 aliphatic carbocycles. The molecule has 0 amide bonds.